The number of thioether (sulfide) groups is 1. The molecule has 3 rings (SSSR count). The standard InChI is InChI=1S/C20H19N3O6S/c1-28-15-8-3-12(9-16(15)29-2)11-21-22-20-23(13-4-6-14(24)7-5-13)19(27)17(30-20)10-18(25)26/h3-9,11,17,24H,10H2,1-2H3,(H,25,26)/b21-11+,22-20+/t17-/m0/s1. The maximum atomic E-state index is 12.7. The molecule has 0 aromatic heterocycles. The first kappa shape index (κ1) is 21.2. The van der Waals surface area contributed by atoms with Crippen molar-refractivity contribution in [1.82, 2.24) is 0 Å². The van der Waals surface area contributed by atoms with Gasteiger partial charge in [0, 0.05) is 0 Å². The van der Waals surface area contributed by atoms with E-state index in [-0.39, 0.29) is 17.3 Å². The van der Waals surface area contributed by atoms with Crippen molar-refractivity contribution in [2.24, 2.45) is 10.2 Å². The van der Waals surface area contributed by atoms with E-state index < -0.39 is 17.1 Å². The Morgan fingerprint density at radius 1 is 1.17 bits per heavy atom. The van der Waals surface area contributed by atoms with Gasteiger partial charge < -0.3 is 19.7 Å². The number of carbonyl (C=O) groups is 2. The van der Waals surface area contributed by atoms with Crippen molar-refractivity contribution in [2.75, 3.05) is 19.1 Å². The molecule has 2 aromatic carbocycles. The number of methoxy groups -OCH3 is 2. The summed E-state index contributed by atoms with van der Waals surface area (Å²) in [6.45, 7) is 0. The predicted octanol–water partition coefficient (Wildman–Crippen LogP) is 2.72. The fourth-order valence-corrected chi connectivity index (χ4v) is 3.82. The van der Waals surface area contributed by atoms with Crippen LogP contribution in [0.3, 0.4) is 0 Å². The number of hydrogen-bond donors (Lipinski definition) is 2. The Morgan fingerprint density at radius 3 is 2.50 bits per heavy atom. The zero-order valence-electron chi connectivity index (χ0n) is 16.2. The van der Waals surface area contributed by atoms with Gasteiger partial charge in [0.15, 0.2) is 16.7 Å². The summed E-state index contributed by atoms with van der Waals surface area (Å²) in [5, 5.41) is 26.2. The number of anilines is 1. The lowest BCUT2D eigenvalue weighted by Gasteiger charge is -2.15. The van der Waals surface area contributed by atoms with Crippen molar-refractivity contribution in [3.63, 3.8) is 0 Å². The normalized spacial score (nSPS) is 17.7. The SMILES string of the molecule is COc1ccc(/C=N/N=C2/S[C@@H](CC(=O)O)C(=O)N2c2ccc(O)cc2)cc1OC. The van der Waals surface area contributed by atoms with Crippen molar-refractivity contribution in [1.29, 1.82) is 0 Å². The molecular weight excluding hydrogens is 410 g/mol. The van der Waals surface area contributed by atoms with Crippen LogP contribution in [0.2, 0.25) is 0 Å². The molecule has 1 atom stereocenters. The molecule has 1 aliphatic heterocycles. The smallest absolute Gasteiger partial charge is 0.305 e. The fourth-order valence-electron chi connectivity index (χ4n) is 2.74. The van der Waals surface area contributed by atoms with Crippen LogP contribution < -0.4 is 14.4 Å². The van der Waals surface area contributed by atoms with Gasteiger partial charge in [0.25, 0.3) is 0 Å². The van der Waals surface area contributed by atoms with E-state index in [1.165, 1.54) is 37.5 Å². The number of carboxylic acids is 1. The van der Waals surface area contributed by atoms with Gasteiger partial charge in [0.05, 0.1) is 32.5 Å². The molecule has 2 N–H and O–H groups in total. The highest BCUT2D eigenvalue weighted by atomic mass is 32.2. The number of rotatable bonds is 7. The minimum absolute atomic E-state index is 0.0464. The van der Waals surface area contributed by atoms with Crippen LogP contribution in [0.15, 0.2) is 52.7 Å². The number of nitrogens with zero attached hydrogens (tertiary/aromatic N) is 3. The van der Waals surface area contributed by atoms with Crippen LogP contribution >= 0.6 is 11.8 Å². The summed E-state index contributed by atoms with van der Waals surface area (Å²) in [6, 6.07) is 11.2. The van der Waals surface area contributed by atoms with E-state index in [9.17, 15) is 14.7 Å². The van der Waals surface area contributed by atoms with Crippen LogP contribution in [0.4, 0.5) is 5.69 Å². The molecule has 1 fully saturated rings. The molecule has 1 saturated heterocycles. The second-order valence-corrected chi connectivity index (χ2v) is 7.31. The highest BCUT2D eigenvalue weighted by Gasteiger charge is 2.40. The van der Waals surface area contributed by atoms with Gasteiger partial charge in [0.2, 0.25) is 5.91 Å². The van der Waals surface area contributed by atoms with Gasteiger partial charge in [0.1, 0.15) is 11.0 Å². The number of carboxylic acid groups (broad SMARTS) is 1. The van der Waals surface area contributed by atoms with Gasteiger partial charge >= 0.3 is 5.97 Å². The van der Waals surface area contributed by atoms with E-state index in [1.54, 1.807) is 30.3 Å². The van der Waals surface area contributed by atoms with E-state index >= 15 is 0 Å². The van der Waals surface area contributed by atoms with E-state index in [0.29, 0.717) is 22.7 Å². The Hall–Kier alpha value is -3.53. The third-order valence-electron chi connectivity index (χ3n) is 4.16. The van der Waals surface area contributed by atoms with Gasteiger partial charge in [-0.1, -0.05) is 11.8 Å². The summed E-state index contributed by atoms with van der Waals surface area (Å²) in [5.74, 6) is -0.334. The molecule has 30 heavy (non-hydrogen) atoms. The van der Waals surface area contributed by atoms with E-state index in [1.807, 2.05) is 0 Å². The molecule has 0 radical (unpaired) electrons. The van der Waals surface area contributed by atoms with Crippen LogP contribution in [0, 0.1) is 0 Å². The van der Waals surface area contributed by atoms with Crippen LogP contribution in [-0.4, -0.2) is 52.9 Å². The van der Waals surface area contributed by atoms with Crippen LogP contribution in [0.25, 0.3) is 0 Å². The number of phenols is 1. The number of hydrogen-bond acceptors (Lipinski definition) is 8. The Bertz CT molecular complexity index is 1010. The molecule has 1 aliphatic rings. The maximum absolute atomic E-state index is 12.7. The highest BCUT2D eigenvalue weighted by Crippen LogP contribution is 2.34. The summed E-state index contributed by atoms with van der Waals surface area (Å²) in [7, 11) is 3.06. The zero-order chi connectivity index (χ0) is 21.7. The van der Waals surface area contributed by atoms with Crippen molar-refractivity contribution in [3.05, 3.63) is 48.0 Å². The average Bonchev–Trinajstić information content (AvgIpc) is 3.03. The average molecular weight is 429 g/mol. The monoisotopic (exact) mass is 429 g/mol. The Kier molecular flexibility index (Phi) is 6.58. The lowest BCUT2D eigenvalue weighted by molar-refractivity contribution is -0.138. The summed E-state index contributed by atoms with van der Waals surface area (Å²) >= 11 is 1.03. The number of ether oxygens (including phenoxy) is 2. The number of carbonyl (C=O) groups excluding carboxylic acids is 1. The molecule has 2 aromatic rings. The first-order chi connectivity index (χ1) is 14.4. The minimum Gasteiger partial charge on any atom is -0.508 e. The third kappa shape index (κ3) is 4.71. The summed E-state index contributed by atoms with van der Waals surface area (Å²) in [4.78, 5) is 25.1. The second kappa shape index (κ2) is 9.31. The van der Waals surface area contributed by atoms with Gasteiger partial charge in [-0.15, -0.1) is 5.10 Å². The van der Waals surface area contributed by atoms with Crippen molar-refractivity contribution in [3.8, 4) is 17.2 Å². The number of amides is 1. The number of aliphatic carboxylic acids is 1. The number of phenolic OH excluding ortho intramolecular Hbond substituents is 1. The number of amidine groups is 1. The largest absolute Gasteiger partial charge is 0.508 e. The zero-order valence-corrected chi connectivity index (χ0v) is 17.0. The Labute approximate surface area is 176 Å². The van der Waals surface area contributed by atoms with Gasteiger partial charge in [-0.2, -0.15) is 5.10 Å². The Morgan fingerprint density at radius 2 is 1.87 bits per heavy atom. The lowest BCUT2D eigenvalue weighted by Crippen LogP contribution is -2.32. The van der Waals surface area contributed by atoms with Crippen molar-refractivity contribution in [2.45, 2.75) is 11.7 Å². The maximum Gasteiger partial charge on any atom is 0.305 e. The molecule has 0 saturated carbocycles. The van der Waals surface area contributed by atoms with Crippen LogP contribution in [-0.2, 0) is 9.59 Å². The molecular formula is C20H19N3O6S. The third-order valence-corrected chi connectivity index (χ3v) is 5.29. The molecule has 0 spiro atoms. The molecule has 1 amide bonds. The summed E-state index contributed by atoms with van der Waals surface area (Å²) < 4.78 is 10.4. The number of aromatic hydroxyl groups is 1. The topological polar surface area (TPSA) is 121 Å². The molecule has 156 valence electrons. The van der Waals surface area contributed by atoms with Gasteiger partial charge in [-0.05, 0) is 48.0 Å². The number of benzene rings is 2. The molecule has 10 heteroatoms. The molecule has 0 bridgehead atoms. The quantitative estimate of drug-likeness (QED) is 0.513. The minimum atomic E-state index is -1.08. The fraction of sp³-hybridized carbons (Fsp3) is 0.200. The van der Waals surface area contributed by atoms with Crippen LogP contribution in [0.5, 0.6) is 17.2 Å². The first-order valence-corrected chi connectivity index (χ1v) is 9.65. The van der Waals surface area contributed by atoms with Gasteiger partial charge in [-0.25, -0.2) is 0 Å². The van der Waals surface area contributed by atoms with Crippen LogP contribution in [0.1, 0.15) is 12.0 Å². The lowest BCUT2D eigenvalue weighted by atomic mass is 10.2. The van der Waals surface area contributed by atoms with Gasteiger partial charge in [-0.3, -0.25) is 14.5 Å². The Balaban J connectivity index is 1.89. The molecule has 0 aliphatic carbocycles. The van der Waals surface area contributed by atoms with Crippen molar-refractivity contribution < 1.29 is 29.3 Å². The molecule has 1 heterocycles. The van der Waals surface area contributed by atoms with E-state index in [0.717, 1.165) is 11.8 Å². The second-order valence-electron chi connectivity index (χ2n) is 6.14. The van der Waals surface area contributed by atoms with Crippen molar-refractivity contribution >= 4 is 40.7 Å². The summed E-state index contributed by atoms with van der Waals surface area (Å²) in [6.07, 6.45) is 1.15. The van der Waals surface area contributed by atoms with E-state index in [4.69, 9.17) is 14.6 Å². The summed E-state index contributed by atoms with van der Waals surface area (Å²) in [5.41, 5.74) is 1.16. The van der Waals surface area contributed by atoms with E-state index in [2.05, 4.69) is 10.2 Å². The molecule has 0 unspecified atom stereocenters. The predicted molar refractivity (Wildman–Crippen MR) is 114 cm³/mol. The highest BCUT2D eigenvalue weighted by molar-refractivity contribution is 8.16. The molecule has 9 nitrogen and oxygen atoms in total. The first-order valence-electron chi connectivity index (χ1n) is 8.77.